The highest BCUT2D eigenvalue weighted by molar-refractivity contribution is 8.00. The van der Waals surface area contributed by atoms with E-state index in [-0.39, 0.29) is 23.0 Å². The van der Waals surface area contributed by atoms with Crippen molar-refractivity contribution in [2.75, 3.05) is 10.6 Å². The first-order chi connectivity index (χ1) is 17.8. The highest BCUT2D eigenvalue weighted by atomic mass is 32.2. The first kappa shape index (κ1) is 26.0. The first-order valence-electron chi connectivity index (χ1n) is 11.2. The molecule has 3 aromatic carbocycles. The number of hydrogen-bond acceptors (Lipinski definition) is 7. The molecule has 11 heteroatoms. The number of amides is 2. The highest BCUT2D eigenvalue weighted by Crippen LogP contribution is 2.30. The van der Waals surface area contributed by atoms with Crippen LogP contribution < -0.4 is 10.6 Å². The van der Waals surface area contributed by atoms with E-state index in [1.807, 2.05) is 13.0 Å². The average Bonchev–Trinajstić information content (AvgIpc) is 3.36. The lowest BCUT2D eigenvalue weighted by Crippen LogP contribution is -2.24. The van der Waals surface area contributed by atoms with Crippen LogP contribution in [0.15, 0.2) is 83.1 Å². The van der Waals surface area contributed by atoms with E-state index in [1.165, 1.54) is 59.5 Å². The normalized spacial score (nSPS) is 11.5. The van der Waals surface area contributed by atoms with Crippen molar-refractivity contribution >= 4 is 51.4 Å². The number of nitrogens with zero attached hydrogens (tertiary/aromatic N) is 2. The van der Waals surface area contributed by atoms with Crippen LogP contribution in [0.25, 0.3) is 11.3 Å². The fourth-order valence-corrected chi connectivity index (χ4v) is 5.08. The standard InChI is InChI=1S/C26H21FN4O4S2/c1-2-23(25(33)30-26-29-22(15-36-26)16-6-10-18(27)11-7-16)37-21-5-3-4-19(14-21)28-24(32)17-8-12-20(13-9-17)31(34)35/h3-15,23H,2H2,1H3,(H,28,32)(H,29,30,33). The van der Waals surface area contributed by atoms with Gasteiger partial charge in [0.25, 0.3) is 11.6 Å². The Morgan fingerprint density at radius 3 is 2.49 bits per heavy atom. The lowest BCUT2D eigenvalue weighted by atomic mass is 10.2. The number of nitro groups is 1. The predicted octanol–water partition coefficient (Wildman–Crippen LogP) is 6.62. The summed E-state index contributed by atoms with van der Waals surface area (Å²) < 4.78 is 13.2. The molecule has 0 bridgehead atoms. The molecule has 8 nitrogen and oxygen atoms in total. The average molecular weight is 537 g/mol. The molecule has 0 spiro atoms. The van der Waals surface area contributed by atoms with Crippen molar-refractivity contribution in [2.24, 2.45) is 0 Å². The van der Waals surface area contributed by atoms with E-state index in [0.717, 1.165) is 10.5 Å². The largest absolute Gasteiger partial charge is 0.322 e. The number of benzene rings is 3. The molecular formula is C26H21FN4O4S2. The molecule has 2 N–H and O–H groups in total. The second kappa shape index (κ2) is 11.8. The summed E-state index contributed by atoms with van der Waals surface area (Å²) in [5.74, 6) is -0.930. The minimum absolute atomic E-state index is 0.0942. The van der Waals surface area contributed by atoms with Crippen LogP contribution in [0, 0.1) is 15.9 Å². The quantitative estimate of drug-likeness (QED) is 0.141. The van der Waals surface area contributed by atoms with Crippen molar-refractivity contribution < 1.29 is 18.9 Å². The molecule has 2 amide bonds. The number of hydrogen-bond donors (Lipinski definition) is 2. The summed E-state index contributed by atoms with van der Waals surface area (Å²) in [5, 5.41) is 18.3. The molecule has 4 aromatic rings. The van der Waals surface area contributed by atoms with E-state index in [2.05, 4.69) is 15.6 Å². The number of thiazole rings is 1. The fraction of sp³-hybridized carbons (Fsp3) is 0.115. The zero-order valence-electron chi connectivity index (χ0n) is 19.5. The van der Waals surface area contributed by atoms with Crippen molar-refractivity contribution in [1.29, 1.82) is 0 Å². The predicted molar refractivity (Wildman–Crippen MR) is 144 cm³/mol. The van der Waals surface area contributed by atoms with Crippen LogP contribution in [-0.4, -0.2) is 27.0 Å². The van der Waals surface area contributed by atoms with Crippen molar-refractivity contribution in [1.82, 2.24) is 4.98 Å². The third-order valence-corrected chi connectivity index (χ3v) is 7.36. The number of nitro benzene ring substituents is 1. The Balaban J connectivity index is 1.38. The van der Waals surface area contributed by atoms with Gasteiger partial charge in [0, 0.05) is 39.2 Å². The van der Waals surface area contributed by atoms with E-state index in [0.29, 0.717) is 22.9 Å². The lowest BCUT2D eigenvalue weighted by Gasteiger charge is -2.14. The van der Waals surface area contributed by atoms with Crippen LogP contribution in [0.1, 0.15) is 23.7 Å². The van der Waals surface area contributed by atoms with Gasteiger partial charge in [0.1, 0.15) is 5.82 Å². The van der Waals surface area contributed by atoms with Gasteiger partial charge in [-0.2, -0.15) is 0 Å². The first-order valence-corrected chi connectivity index (χ1v) is 12.9. The summed E-state index contributed by atoms with van der Waals surface area (Å²) in [6.07, 6.45) is 0.562. The Hall–Kier alpha value is -4.09. The number of non-ortho nitro benzene ring substituents is 1. The number of carbonyl (C=O) groups is 2. The monoisotopic (exact) mass is 536 g/mol. The molecule has 0 aliphatic carbocycles. The number of nitrogens with one attached hydrogen (secondary N) is 2. The maximum Gasteiger partial charge on any atom is 0.269 e. The van der Waals surface area contributed by atoms with Gasteiger partial charge in [-0.05, 0) is 61.0 Å². The van der Waals surface area contributed by atoms with E-state index in [4.69, 9.17) is 0 Å². The van der Waals surface area contributed by atoms with Gasteiger partial charge in [-0.25, -0.2) is 9.37 Å². The van der Waals surface area contributed by atoms with Crippen molar-refractivity contribution in [3.05, 3.63) is 99.7 Å². The molecule has 0 fully saturated rings. The Bertz CT molecular complexity index is 1430. The van der Waals surface area contributed by atoms with Gasteiger partial charge in [-0.1, -0.05) is 13.0 Å². The molecule has 0 saturated heterocycles. The molecular weight excluding hydrogens is 515 g/mol. The van der Waals surface area contributed by atoms with Crippen LogP contribution >= 0.6 is 23.1 Å². The fourth-order valence-electron chi connectivity index (χ4n) is 3.34. The second-order valence-electron chi connectivity index (χ2n) is 7.83. The molecule has 0 saturated carbocycles. The van der Waals surface area contributed by atoms with E-state index < -0.39 is 16.1 Å². The van der Waals surface area contributed by atoms with Gasteiger partial charge in [0.15, 0.2) is 5.13 Å². The van der Waals surface area contributed by atoms with Crippen molar-refractivity contribution in [2.45, 2.75) is 23.5 Å². The van der Waals surface area contributed by atoms with Crippen LogP contribution in [0.2, 0.25) is 0 Å². The van der Waals surface area contributed by atoms with Crippen molar-refractivity contribution in [3.63, 3.8) is 0 Å². The number of aromatic nitrogens is 1. The van der Waals surface area contributed by atoms with Crippen molar-refractivity contribution in [3.8, 4) is 11.3 Å². The number of halogens is 1. The topological polar surface area (TPSA) is 114 Å². The number of rotatable bonds is 9. The summed E-state index contributed by atoms with van der Waals surface area (Å²) >= 11 is 2.65. The Labute approximate surface area is 220 Å². The Morgan fingerprint density at radius 2 is 1.81 bits per heavy atom. The summed E-state index contributed by atoms with van der Waals surface area (Å²) in [4.78, 5) is 41.0. The minimum Gasteiger partial charge on any atom is -0.322 e. The van der Waals surface area contributed by atoms with E-state index in [9.17, 15) is 24.1 Å². The maximum absolute atomic E-state index is 13.2. The lowest BCUT2D eigenvalue weighted by molar-refractivity contribution is -0.384. The Kier molecular flexibility index (Phi) is 8.26. The van der Waals surface area contributed by atoms with Gasteiger partial charge in [0.2, 0.25) is 5.91 Å². The number of carbonyl (C=O) groups excluding carboxylic acids is 2. The Morgan fingerprint density at radius 1 is 1.08 bits per heavy atom. The third kappa shape index (κ3) is 6.78. The van der Waals surface area contributed by atoms with Crippen LogP contribution in [-0.2, 0) is 4.79 Å². The van der Waals surface area contributed by atoms with E-state index >= 15 is 0 Å². The molecule has 1 unspecified atom stereocenters. The summed E-state index contributed by atoms with van der Waals surface area (Å²) in [6.45, 7) is 1.91. The minimum atomic E-state index is -0.526. The summed E-state index contributed by atoms with van der Waals surface area (Å²) in [5.41, 5.74) is 2.14. The molecule has 0 aliphatic rings. The van der Waals surface area contributed by atoms with Gasteiger partial charge in [0.05, 0.1) is 15.9 Å². The third-order valence-electron chi connectivity index (χ3n) is 5.25. The van der Waals surface area contributed by atoms with Gasteiger partial charge < -0.3 is 10.6 Å². The molecule has 0 radical (unpaired) electrons. The smallest absolute Gasteiger partial charge is 0.269 e. The van der Waals surface area contributed by atoms with Gasteiger partial charge >= 0.3 is 0 Å². The molecule has 188 valence electrons. The number of anilines is 2. The zero-order valence-corrected chi connectivity index (χ0v) is 21.1. The zero-order chi connectivity index (χ0) is 26.4. The highest BCUT2D eigenvalue weighted by Gasteiger charge is 2.20. The number of thioether (sulfide) groups is 1. The van der Waals surface area contributed by atoms with E-state index in [1.54, 1.807) is 35.7 Å². The second-order valence-corrected chi connectivity index (χ2v) is 9.97. The summed E-state index contributed by atoms with van der Waals surface area (Å²) in [7, 11) is 0. The summed E-state index contributed by atoms with van der Waals surface area (Å²) in [6, 6.07) is 18.4. The van der Waals surface area contributed by atoms with Crippen LogP contribution in [0.4, 0.5) is 20.9 Å². The van der Waals surface area contributed by atoms with Gasteiger partial charge in [-0.3, -0.25) is 19.7 Å². The SMILES string of the molecule is CCC(Sc1cccc(NC(=O)c2ccc([N+](=O)[O-])cc2)c1)C(=O)Nc1nc(-c2ccc(F)cc2)cs1. The molecule has 0 aliphatic heterocycles. The van der Waals surface area contributed by atoms with Crippen LogP contribution in [0.5, 0.6) is 0 Å². The maximum atomic E-state index is 13.2. The molecule has 1 heterocycles. The molecule has 37 heavy (non-hydrogen) atoms. The molecule has 1 aromatic heterocycles. The molecule has 1 atom stereocenters. The van der Waals surface area contributed by atoms with Crippen LogP contribution in [0.3, 0.4) is 0 Å². The molecule has 4 rings (SSSR count). The van der Waals surface area contributed by atoms with Gasteiger partial charge in [-0.15, -0.1) is 23.1 Å².